The Morgan fingerprint density at radius 1 is 1.47 bits per heavy atom. The average Bonchev–Trinajstić information content (AvgIpc) is 3.20. The van der Waals surface area contributed by atoms with Crippen molar-refractivity contribution < 1.29 is 9.53 Å². The Morgan fingerprint density at radius 2 is 2.32 bits per heavy atom. The van der Waals surface area contributed by atoms with Crippen LogP contribution in [0.15, 0.2) is 18.3 Å². The van der Waals surface area contributed by atoms with Gasteiger partial charge in [-0.25, -0.2) is 0 Å². The molecule has 1 heterocycles. The lowest BCUT2D eigenvalue weighted by Gasteiger charge is -2.06. The number of nitrogens with zero attached hydrogens (tertiary/aromatic N) is 1. The standard InChI is InChI=1S/C15H22N2O2/c1-12-3-4-14(10-17-12)9-15(18)16-7-2-8-19-11-13-5-6-13/h3-4,10,13H,2,5-9,11H2,1H3,(H,16,18). The number of pyridine rings is 1. The molecule has 2 rings (SSSR count). The van der Waals surface area contributed by atoms with Crippen molar-refractivity contribution in [2.45, 2.75) is 32.6 Å². The summed E-state index contributed by atoms with van der Waals surface area (Å²) in [5, 5.41) is 2.90. The second kappa shape index (κ2) is 7.24. The summed E-state index contributed by atoms with van der Waals surface area (Å²) in [5.74, 6) is 0.858. The van der Waals surface area contributed by atoms with Gasteiger partial charge in [0.1, 0.15) is 0 Å². The molecular formula is C15H22N2O2. The van der Waals surface area contributed by atoms with Crippen molar-refractivity contribution in [2.24, 2.45) is 5.92 Å². The van der Waals surface area contributed by atoms with Crippen LogP contribution >= 0.6 is 0 Å². The molecule has 1 fully saturated rings. The van der Waals surface area contributed by atoms with E-state index in [1.54, 1.807) is 6.20 Å². The van der Waals surface area contributed by atoms with Crippen LogP contribution in [-0.2, 0) is 16.0 Å². The molecule has 1 aliphatic rings. The third-order valence-corrected chi connectivity index (χ3v) is 3.18. The van der Waals surface area contributed by atoms with Gasteiger partial charge < -0.3 is 10.1 Å². The molecule has 1 aliphatic carbocycles. The molecule has 1 amide bonds. The SMILES string of the molecule is Cc1ccc(CC(=O)NCCCOCC2CC2)cn1. The predicted molar refractivity (Wildman–Crippen MR) is 73.8 cm³/mol. The van der Waals surface area contributed by atoms with E-state index in [1.165, 1.54) is 12.8 Å². The fourth-order valence-corrected chi connectivity index (χ4v) is 1.79. The van der Waals surface area contributed by atoms with E-state index in [0.717, 1.165) is 36.8 Å². The third-order valence-electron chi connectivity index (χ3n) is 3.18. The van der Waals surface area contributed by atoms with E-state index < -0.39 is 0 Å². The molecule has 1 aromatic rings. The summed E-state index contributed by atoms with van der Waals surface area (Å²) in [6.07, 6.45) is 5.68. The maximum absolute atomic E-state index is 11.7. The van der Waals surface area contributed by atoms with Crippen molar-refractivity contribution in [3.05, 3.63) is 29.6 Å². The minimum Gasteiger partial charge on any atom is -0.381 e. The molecule has 1 saturated carbocycles. The smallest absolute Gasteiger partial charge is 0.224 e. The Morgan fingerprint density at radius 3 is 3.00 bits per heavy atom. The lowest BCUT2D eigenvalue weighted by atomic mass is 10.2. The van der Waals surface area contributed by atoms with E-state index >= 15 is 0 Å². The van der Waals surface area contributed by atoms with E-state index in [4.69, 9.17) is 4.74 Å². The van der Waals surface area contributed by atoms with E-state index in [0.29, 0.717) is 13.0 Å². The minimum absolute atomic E-state index is 0.0489. The zero-order chi connectivity index (χ0) is 13.5. The summed E-state index contributed by atoms with van der Waals surface area (Å²) in [5.41, 5.74) is 1.92. The minimum atomic E-state index is 0.0489. The van der Waals surface area contributed by atoms with E-state index in [-0.39, 0.29) is 5.91 Å². The molecule has 0 aliphatic heterocycles. The van der Waals surface area contributed by atoms with Gasteiger partial charge in [-0.2, -0.15) is 0 Å². The van der Waals surface area contributed by atoms with Crippen molar-refractivity contribution in [1.29, 1.82) is 0 Å². The van der Waals surface area contributed by atoms with Crippen LogP contribution in [0.3, 0.4) is 0 Å². The molecule has 4 heteroatoms. The number of carbonyl (C=O) groups excluding carboxylic acids is 1. The molecule has 0 saturated heterocycles. The Hall–Kier alpha value is -1.42. The van der Waals surface area contributed by atoms with Crippen molar-refractivity contribution in [3.8, 4) is 0 Å². The second-order valence-corrected chi connectivity index (χ2v) is 5.21. The topological polar surface area (TPSA) is 51.2 Å². The highest BCUT2D eigenvalue weighted by Crippen LogP contribution is 2.28. The molecule has 0 radical (unpaired) electrons. The number of rotatable bonds is 8. The third kappa shape index (κ3) is 5.83. The number of aromatic nitrogens is 1. The zero-order valence-electron chi connectivity index (χ0n) is 11.5. The summed E-state index contributed by atoms with van der Waals surface area (Å²) >= 11 is 0. The number of carbonyl (C=O) groups is 1. The lowest BCUT2D eigenvalue weighted by molar-refractivity contribution is -0.120. The zero-order valence-corrected chi connectivity index (χ0v) is 11.5. The van der Waals surface area contributed by atoms with Crippen LogP contribution in [0.4, 0.5) is 0 Å². The van der Waals surface area contributed by atoms with Gasteiger partial charge in [-0.3, -0.25) is 9.78 Å². The molecule has 0 atom stereocenters. The summed E-state index contributed by atoms with van der Waals surface area (Å²) in [6.45, 7) is 4.25. The molecule has 4 nitrogen and oxygen atoms in total. The van der Waals surface area contributed by atoms with Gasteiger partial charge in [0, 0.05) is 31.6 Å². The number of ether oxygens (including phenoxy) is 1. The van der Waals surface area contributed by atoms with Crippen LogP contribution < -0.4 is 5.32 Å². The van der Waals surface area contributed by atoms with Crippen molar-refractivity contribution in [1.82, 2.24) is 10.3 Å². The Kier molecular flexibility index (Phi) is 5.33. The first-order chi connectivity index (χ1) is 9.24. The molecule has 0 bridgehead atoms. The van der Waals surface area contributed by atoms with Crippen molar-refractivity contribution in [3.63, 3.8) is 0 Å². The van der Waals surface area contributed by atoms with Gasteiger partial charge in [-0.1, -0.05) is 6.07 Å². The summed E-state index contributed by atoms with van der Waals surface area (Å²) < 4.78 is 5.51. The summed E-state index contributed by atoms with van der Waals surface area (Å²) in [7, 11) is 0. The molecule has 1 N–H and O–H groups in total. The molecule has 19 heavy (non-hydrogen) atoms. The van der Waals surface area contributed by atoms with Crippen LogP contribution in [0, 0.1) is 12.8 Å². The Bertz CT molecular complexity index is 399. The number of hydrogen-bond acceptors (Lipinski definition) is 3. The quantitative estimate of drug-likeness (QED) is 0.728. The second-order valence-electron chi connectivity index (χ2n) is 5.21. The number of amides is 1. The highest BCUT2D eigenvalue weighted by atomic mass is 16.5. The van der Waals surface area contributed by atoms with Gasteiger partial charge in [-0.15, -0.1) is 0 Å². The molecule has 0 spiro atoms. The van der Waals surface area contributed by atoms with Crippen LogP contribution in [0.1, 0.15) is 30.5 Å². The normalized spacial score (nSPS) is 14.4. The maximum Gasteiger partial charge on any atom is 0.224 e. The fourth-order valence-electron chi connectivity index (χ4n) is 1.79. The van der Waals surface area contributed by atoms with Crippen LogP contribution in [0.2, 0.25) is 0 Å². The summed E-state index contributed by atoms with van der Waals surface area (Å²) in [6, 6.07) is 3.87. The molecule has 0 unspecified atom stereocenters. The van der Waals surface area contributed by atoms with E-state index in [1.807, 2.05) is 19.1 Å². The first-order valence-corrected chi connectivity index (χ1v) is 7.00. The van der Waals surface area contributed by atoms with Crippen molar-refractivity contribution >= 4 is 5.91 Å². The van der Waals surface area contributed by atoms with Crippen LogP contribution in [0.5, 0.6) is 0 Å². The van der Waals surface area contributed by atoms with E-state index in [9.17, 15) is 4.79 Å². The first-order valence-electron chi connectivity index (χ1n) is 7.00. The average molecular weight is 262 g/mol. The highest BCUT2D eigenvalue weighted by Gasteiger charge is 2.20. The lowest BCUT2D eigenvalue weighted by Crippen LogP contribution is -2.26. The molecule has 1 aromatic heterocycles. The molecule has 104 valence electrons. The summed E-state index contributed by atoms with van der Waals surface area (Å²) in [4.78, 5) is 15.8. The highest BCUT2D eigenvalue weighted by molar-refractivity contribution is 5.78. The number of hydrogen-bond donors (Lipinski definition) is 1. The Labute approximate surface area is 114 Å². The largest absolute Gasteiger partial charge is 0.381 e. The van der Waals surface area contributed by atoms with Gasteiger partial charge in [0.25, 0.3) is 0 Å². The Balaban J connectivity index is 1.52. The number of aryl methyl sites for hydroxylation is 1. The van der Waals surface area contributed by atoms with Gasteiger partial charge >= 0.3 is 0 Å². The van der Waals surface area contributed by atoms with E-state index in [2.05, 4.69) is 10.3 Å². The fraction of sp³-hybridized carbons (Fsp3) is 0.600. The maximum atomic E-state index is 11.7. The number of nitrogens with one attached hydrogen (secondary N) is 1. The van der Waals surface area contributed by atoms with Gasteiger partial charge in [0.05, 0.1) is 6.42 Å². The van der Waals surface area contributed by atoms with Crippen LogP contribution in [-0.4, -0.2) is 30.6 Å². The molecular weight excluding hydrogens is 240 g/mol. The van der Waals surface area contributed by atoms with Gasteiger partial charge in [0.15, 0.2) is 0 Å². The predicted octanol–water partition coefficient (Wildman–Crippen LogP) is 1.87. The van der Waals surface area contributed by atoms with Crippen molar-refractivity contribution in [2.75, 3.05) is 19.8 Å². The first kappa shape index (κ1) is 14.0. The van der Waals surface area contributed by atoms with Gasteiger partial charge in [-0.05, 0) is 43.7 Å². The van der Waals surface area contributed by atoms with Crippen LogP contribution in [0.25, 0.3) is 0 Å². The monoisotopic (exact) mass is 262 g/mol. The van der Waals surface area contributed by atoms with Gasteiger partial charge in [0.2, 0.25) is 5.91 Å². The molecule has 0 aromatic carbocycles.